The molecular formula is C18H22N4O3S. The van der Waals surface area contributed by atoms with Crippen LogP contribution in [0, 0.1) is 0 Å². The third-order valence-electron chi connectivity index (χ3n) is 4.24. The summed E-state index contributed by atoms with van der Waals surface area (Å²) in [7, 11) is -3.75. The largest absolute Gasteiger partial charge is 0.336 e. The van der Waals surface area contributed by atoms with Gasteiger partial charge in [0.1, 0.15) is 5.82 Å². The number of fused-ring (bicyclic) bond motifs is 1. The molecule has 0 saturated carbocycles. The van der Waals surface area contributed by atoms with Crippen LogP contribution in [0.4, 0.5) is 5.82 Å². The Morgan fingerprint density at radius 2 is 2.00 bits per heavy atom. The number of pyridine rings is 1. The molecule has 3 rings (SSSR count). The van der Waals surface area contributed by atoms with Crippen LogP contribution in [0.25, 0.3) is 0 Å². The summed E-state index contributed by atoms with van der Waals surface area (Å²) in [5.41, 5.74) is 6.81. The summed E-state index contributed by atoms with van der Waals surface area (Å²) in [4.78, 5) is 18.2. The van der Waals surface area contributed by atoms with E-state index in [0.717, 1.165) is 11.1 Å². The normalized spacial score (nSPS) is 14.7. The first-order valence-corrected chi connectivity index (χ1v) is 9.79. The van der Waals surface area contributed by atoms with Crippen LogP contribution in [-0.2, 0) is 27.8 Å². The molecule has 0 aliphatic carbocycles. The summed E-state index contributed by atoms with van der Waals surface area (Å²) in [5.74, 6) is 0.106. The smallest absolute Gasteiger partial charge is 0.263 e. The summed E-state index contributed by atoms with van der Waals surface area (Å²) >= 11 is 0. The number of nitrogens with one attached hydrogen (secondary N) is 1. The predicted octanol–water partition coefficient (Wildman–Crippen LogP) is 1.50. The van der Waals surface area contributed by atoms with Crippen molar-refractivity contribution < 1.29 is 13.2 Å². The molecule has 1 aromatic heterocycles. The van der Waals surface area contributed by atoms with E-state index in [1.807, 2.05) is 0 Å². The van der Waals surface area contributed by atoms with Crippen molar-refractivity contribution in [3.63, 3.8) is 0 Å². The van der Waals surface area contributed by atoms with E-state index in [9.17, 15) is 13.2 Å². The van der Waals surface area contributed by atoms with E-state index in [-0.39, 0.29) is 16.6 Å². The molecule has 1 aliphatic rings. The van der Waals surface area contributed by atoms with Gasteiger partial charge in [0.2, 0.25) is 5.91 Å². The molecule has 8 heteroatoms. The SMILES string of the molecule is CC(C)(N)C(=O)N1CCc2ccc(S(=O)(=O)Nc3ccccn3)cc2C1. The van der Waals surface area contributed by atoms with Gasteiger partial charge in [-0.15, -0.1) is 0 Å². The highest BCUT2D eigenvalue weighted by Gasteiger charge is 2.30. The lowest BCUT2D eigenvalue weighted by Crippen LogP contribution is -2.52. The van der Waals surface area contributed by atoms with Gasteiger partial charge in [-0.25, -0.2) is 13.4 Å². The summed E-state index contributed by atoms with van der Waals surface area (Å²) in [6, 6.07) is 9.99. The molecule has 1 aromatic carbocycles. The maximum Gasteiger partial charge on any atom is 0.263 e. The lowest BCUT2D eigenvalue weighted by molar-refractivity contribution is -0.136. The quantitative estimate of drug-likeness (QED) is 0.844. The topological polar surface area (TPSA) is 105 Å². The minimum atomic E-state index is -3.75. The molecule has 0 radical (unpaired) electrons. The number of nitrogens with two attached hydrogens (primary N) is 1. The molecule has 0 atom stereocenters. The van der Waals surface area contributed by atoms with E-state index in [1.165, 1.54) is 6.20 Å². The van der Waals surface area contributed by atoms with Gasteiger partial charge >= 0.3 is 0 Å². The fourth-order valence-electron chi connectivity index (χ4n) is 2.90. The Hall–Kier alpha value is -2.45. The van der Waals surface area contributed by atoms with E-state index < -0.39 is 15.6 Å². The number of carbonyl (C=O) groups excluding carboxylic acids is 1. The Bertz CT molecular complexity index is 921. The Morgan fingerprint density at radius 3 is 2.65 bits per heavy atom. The van der Waals surface area contributed by atoms with E-state index in [1.54, 1.807) is 55.1 Å². The number of anilines is 1. The highest BCUT2D eigenvalue weighted by molar-refractivity contribution is 7.92. The van der Waals surface area contributed by atoms with E-state index in [4.69, 9.17) is 5.73 Å². The van der Waals surface area contributed by atoms with Gasteiger partial charge < -0.3 is 10.6 Å². The van der Waals surface area contributed by atoms with Crippen molar-refractivity contribution in [2.45, 2.75) is 37.2 Å². The van der Waals surface area contributed by atoms with Crippen LogP contribution in [0.5, 0.6) is 0 Å². The fourth-order valence-corrected chi connectivity index (χ4v) is 3.96. The second kappa shape index (κ2) is 6.69. The zero-order valence-corrected chi connectivity index (χ0v) is 15.6. The predicted molar refractivity (Wildman–Crippen MR) is 98.9 cm³/mol. The van der Waals surface area contributed by atoms with Crippen LogP contribution in [-0.4, -0.2) is 36.3 Å². The maximum absolute atomic E-state index is 12.6. The molecule has 1 aliphatic heterocycles. The minimum Gasteiger partial charge on any atom is -0.336 e. The molecule has 0 bridgehead atoms. The monoisotopic (exact) mass is 374 g/mol. The molecule has 0 fully saturated rings. The van der Waals surface area contributed by atoms with Gasteiger partial charge in [-0.1, -0.05) is 12.1 Å². The van der Waals surface area contributed by atoms with Gasteiger partial charge in [-0.2, -0.15) is 0 Å². The van der Waals surface area contributed by atoms with E-state index in [0.29, 0.717) is 19.5 Å². The van der Waals surface area contributed by atoms with Crippen molar-refractivity contribution in [2.75, 3.05) is 11.3 Å². The van der Waals surface area contributed by atoms with E-state index >= 15 is 0 Å². The average molecular weight is 374 g/mol. The molecule has 1 amide bonds. The second-order valence-corrected chi connectivity index (χ2v) is 8.63. The van der Waals surface area contributed by atoms with Gasteiger partial charge in [0.05, 0.1) is 10.4 Å². The average Bonchev–Trinajstić information content (AvgIpc) is 2.60. The lowest BCUT2D eigenvalue weighted by Gasteiger charge is -2.33. The van der Waals surface area contributed by atoms with Crippen molar-refractivity contribution in [1.82, 2.24) is 9.88 Å². The van der Waals surface area contributed by atoms with Gasteiger partial charge in [0.15, 0.2) is 0 Å². The Kier molecular flexibility index (Phi) is 4.72. The van der Waals surface area contributed by atoms with Gasteiger partial charge in [-0.3, -0.25) is 9.52 Å². The first-order valence-electron chi connectivity index (χ1n) is 8.31. The molecule has 0 saturated heterocycles. The number of benzene rings is 1. The molecule has 3 N–H and O–H groups in total. The zero-order chi connectivity index (χ0) is 18.9. The van der Waals surface area contributed by atoms with Crippen molar-refractivity contribution in [3.05, 3.63) is 53.7 Å². The molecule has 0 spiro atoms. The molecular weight excluding hydrogens is 352 g/mol. The summed E-state index contributed by atoms with van der Waals surface area (Å²) in [6.45, 7) is 4.26. The van der Waals surface area contributed by atoms with Crippen molar-refractivity contribution >= 4 is 21.7 Å². The van der Waals surface area contributed by atoms with Crippen LogP contribution in [0.1, 0.15) is 25.0 Å². The van der Waals surface area contributed by atoms with Crippen molar-refractivity contribution in [2.24, 2.45) is 5.73 Å². The van der Waals surface area contributed by atoms with Crippen LogP contribution >= 0.6 is 0 Å². The number of carbonyl (C=O) groups is 1. The first kappa shape index (κ1) is 18.3. The molecule has 26 heavy (non-hydrogen) atoms. The number of aromatic nitrogens is 1. The number of sulfonamides is 1. The summed E-state index contributed by atoms with van der Waals surface area (Å²) < 4.78 is 27.7. The third kappa shape index (κ3) is 3.86. The van der Waals surface area contributed by atoms with Crippen LogP contribution in [0.2, 0.25) is 0 Å². The first-order chi connectivity index (χ1) is 12.2. The van der Waals surface area contributed by atoms with Gasteiger partial charge in [0.25, 0.3) is 10.0 Å². The minimum absolute atomic E-state index is 0.142. The number of rotatable bonds is 4. The zero-order valence-electron chi connectivity index (χ0n) is 14.8. The van der Waals surface area contributed by atoms with E-state index in [2.05, 4.69) is 9.71 Å². The summed E-state index contributed by atoms with van der Waals surface area (Å²) in [5, 5.41) is 0. The molecule has 2 heterocycles. The number of hydrogen-bond donors (Lipinski definition) is 2. The summed E-state index contributed by atoms with van der Waals surface area (Å²) in [6.07, 6.45) is 2.19. The Balaban J connectivity index is 1.86. The third-order valence-corrected chi connectivity index (χ3v) is 5.59. The van der Waals surface area contributed by atoms with Crippen LogP contribution in [0.3, 0.4) is 0 Å². The van der Waals surface area contributed by atoms with Gasteiger partial charge in [-0.05, 0) is 55.7 Å². The fraction of sp³-hybridized carbons (Fsp3) is 0.333. The van der Waals surface area contributed by atoms with Crippen LogP contribution < -0.4 is 10.5 Å². The van der Waals surface area contributed by atoms with Crippen molar-refractivity contribution in [3.8, 4) is 0 Å². The van der Waals surface area contributed by atoms with Crippen LogP contribution in [0.15, 0.2) is 47.5 Å². The van der Waals surface area contributed by atoms with Gasteiger partial charge in [0, 0.05) is 19.3 Å². The highest BCUT2D eigenvalue weighted by Crippen LogP contribution is 2.24. The number of nitrogens with zero attached hydrogens (tertiary/aromatic N) is 2. The second-order valence-electron chi connectivity index (χ2n) is 6.95. The standard InChI is InChI=1S/C18H22N4O3S/c1-18(2,19)17(23)22-10-8-13-6-7-15(11-14(13)12-22)26(24,25)21-16-5-3-4-9-20-16/h3-7,9,11H,8,10,12,19H2,1-2H3,(H,20,21). The highest BCUT2D eigenvalue weighted by atomic mass is 32.2. The number of amides is 1. The molecule has 138 valence electrons. The molecule has 2 aromatic rings. The molecule has 7 nitrogen and oxygen atoms in total. The Labute approximate surface area is 153 Å². The molecule has 0 unspecified atom stereocenters. The maximum atomic E-state index is 12.6. The number of hydrogen-bond acceptors (Lipinski definition) is 5. The lowest BCUT2D eigenvalue weighted by atomic mass is 9.97. The Morgan fingerprint density at radius 1 is 1.23 bits per heavy atom. The van der Waals surface area contributed by atoms with Crippen molar-refractivity contribution in [1.29, 1.82) is 0 Å².